The minimum atomic E-state index is -3.80. The lowest BCUT2D eigenvalue weighted by molar-refractivity contribution is -0.125. The molecule has 0 aromatic heterocycles. The van der Waals surface area contributed by atoms with E-state index in [0.717, 1.165) is 14.2 Å². The molecule has 2 rings (SSSR count). The Balaban J connectivity index is 2.04. The molecule has 12 nitrogen and oxygen atoms in total. The normalized spacial score (nSPS) is 33.4. The molecule has 1 amide bonds. The Labute approximate surface area is 136 Å². The number of hydrazone groups is 1. The number of carbonyl (C=O) groups excluding carboxylic acids is 2. The second-order valence-corrected chi connectivity index (χ2v) is 6.89. The molecule has 0 aromatic rings. The third-order valence-electron chi connectivity index (χ3n) is 3.59. The van der Waals surface area contributed by atoms with Crippen molar-refractivity contribution in [3.8, 4) is 0 Å². The molecule has 5 atom stereocenters. The van der Waals surface area contributed by atoms with E-state index in [0.29, 0.717) is 0 Å². The summed E-state index contributed by atoms with van der Waals surface area (Å²) in [5, 5.41) is 23.7. The Bertz CT molecular complexity index is 589. The number of phosphoric ester groups is 1. The fourth-order valence-corrected chi connectivity index (χ4v) is 2.94. The lowest BCUT2D eigenvalue weighted by Gasteiger charge is -2.18. The van der Waals surface area contributed by atoms with Gasteiger partial charge in [0, 0.05) is 14.2 Å². The number of primary amides is 1. The highest BCUT2D eigenvalue weighted by Crippen LogP contribution is 2.48. The lowest BCUT2D eigenvalue weighted by atomic mass is 9.99. The van der Waals surface area contributed by atoms with Gasteiger partial charge in [0.25, 0.3) is 0 Å². The van der Waals surface area contributed by atoms with Crippen LogP contribution < -0.4 is 11.2 Å². The number of hydrogen-bond acceptors (Lipinski definition) is 11. The zero-order chi connectivity index (χ0) is 18.1. The highest BCUT2D eigenvalue weighted by atomic mass is 31.2. The molecule has 24 heavy (non-hydrogen) atoms. The number of Topliss-reactive ketones (excluding diaryl/α,β-unsaturated/α-hetero) is 1. The molecule has 5 N–H and O–H groups in total. The molecule has 2 aliphatic rings. The van der Waals surface area contributed by atoms with Gasteiger partial charge in [-0.05, 0) is 0 Å². The van der Waals surface area contributed by atoms with Crippen LogP contribution in [0.3, 0.4) is 0 Å². The van der Waals surface area contributed by atoms with Gasteiger partial charge in [0.2, 0.25) is 11.7 Å². The predicted molar refractivity (Wildman–Crippen MR) is 76.8 cm³/mol. The molecule has 0 bridgehead atoms. The van der Waals surface area contributed by atoms with E-state index in [2.05, 4.69) is 19.6 Å². The molecule has 13 heteroatoms. The minimum Gasteiger partial charge on any atom is -0.387 e. The van der Waals surface area contributed by atoms with Gasteiger partial charge in [0.15, 0.2) is 6.04 Å². The van der Waals surface area contributed by atoms with Gasteiger partial charge in [-0.15, -0.1) is 0 Å². The maximum absolute atomic E-state index is 12.0. The summed E-state index contributed by atoms with van der Waals surface area (Å²) in [5.41, 5.74) is 6.99. The molecule has 1 unspecified atom stereocenters. The first-order valence-corrected chi connectivity index (χ1v) is 8.24. The van der Waals surface area contributed by atoms with Crippen molar-refractivity contribution in [1.29, 1.82) is 0 Å². The zero-order valence-electron chi connectivity index (χ0n) is 12.8. The average Bonchev–Trinajstić information content (AvgIpc) is 3.07. The smallest absolute Gasteiger partial charge is 0.387 e. The van der Waals surface area contributed by atoms with Crippen LogP contribution >= 0.6 is 7.82 Å². The van der Waals surface area contributed by atoms with E-state index in [9.17, 15) is 24.4 Å². The van der Waals surface area contributed by atoms with Crippen LogP contribution in [-0.4, -0.2) is 78.9 Å². The minimum absolute atomic E-state index is 0.283. The Morgan fingerprint density at radius 3 is 2.50 bits per heavy atom. The first-order valence-electron chi connectivity index (χ1n) is 6.78. The summed E-state index contributed by atoms with van der Waals surface area (Å²) in [7, 11) is -1.59. The molecular formula is C11H18N3O9P. The van der Waals surface area contributed by atoms with Crippen LogP contribution in [-0.2, 0) is 32.5 Å². The number of nitrogens with two attached hydrogens (primary N) is 1. The number of rotatable bonds is 7. The lowest BCUT2D eigenvalue weighted by Crippen LogP contribution is -2.46. The van der Waals surface area contributed by atoms with Crippen LogP contribution in [0.5, 0.6) is 0 Å². The molecule has 0 spiro atoms. The number of hydrogen-bond donors (Lipinski definition) is 4. The zero-order valence-corrected chi connectivity index (χ0v) is 13.7. The number of phosphoric acid groups is 1. The monoisotopic (exact) mass is 367 g/mol. The molecule has 0 saturated carbocycles. The van der Waals surface area contributed by atoms with E-state index in [1.165, 1.54) is 0 Å². The van der Waals surface area contributed by atoms with Crippen LogP contribution in [0.15, 0.2) is 5.10 Å². The van der Waals surface area contributed by atoms with Crippen LogP contribution in [0.4, 0.5) is 0 Å². The summed E-state index contributed by atoms with van der Waals surface area (Å²) in [5.74, 6) is -1.70. The number of aliphatic hydroxyl groups is 2. The molecule has 2 heterocycles. The number of nitrogens with one attached hydrogen (secondary N) is 1. The highest BCUT2D eigenvalue weighted by Gasteiger charge is 2.50. The summed E-state index contributed by atoms with van der Waals surface area (Å²) >= 11 is 0. The standard InChI is InChI=1S/C11H18N3O9P/c1-20-24(19,21-2)22-3-4-7(15)9(17)10(23-4)5-8(16)6(11(12)18)14-13-5/h4,6-7,9-10,14-15,17H,3H2,1-2H3,(H2,12,18)/t4-,6?,7-,9-,10+/m1/s1. The summed E-state index contributed by atoms with van der Waals surface area (Å²) in [4.78, 5) is 23.1. The van der Waals surface area contributed by atoms with E-state index in [1.807, 2.05) is 0 Å². The number of ketones is 1. The Kier molecular flexibility index (Phi) is 5.71. The molecule has 1 saturated heterocycles. The van der Waals surface area contributed by atoms with E-state index in [4.69, 9.17) is 15.0 Å². The van der Waals surface area contributed by atoms with E-state index in [-0.39, 0.29) is 5.71 Å². The van der Waals surface area contributed by atoms with Gasteiger partial charge in [-0.1, -0.05) is 0 Å². The average molecular weight is 367 g/mol. The number of nitrogens with zero attached hydrogens (tertiary/aromatic N) is 1. The number of amides is 1. The first kappa shape index (κ1) is 18.9. The maximum Gasteiger partial charge on any atom is 0.474 e. The molecule has 136 valence electrons. The Morgan fingerprint density at radius 1 is 1.38 bits per heavy atom. The molecule has 2 aliphatic heterocycles. The summed E-state index contributed by atoms with van der Waals surface area (Å²) in [6.45, 7) is -0.443. The summed E-state index contributed by atoms with van der Waals surface area (Å²) < 4.78 is 31.2. The summed E-state index contributed by atoms with van der Waals surface area (Å²) in [6, 6.07) is -1.36. The van der Waals surface area contributed by atoms with Crippen molar-refractivity contribution < 1.29 is 42.7 Å². The molecule has 1 fully saturated rings. The second kappa shape index (κ2) is 7.23. The third kappa shape index (κ3) is 3.49. The summed E-state index contributed by atoms with van der Waals surface area (Å²) in [6.07, 6.45) is -5.41. The molecule has 0 radical (unpaired) electrons. The molecule has 0 aromatic carbocycles. The maximum atomic E-state index is 12.0. The first-order chi connectivity index (χ1) is 11.2. The fraction of sp³-hybridized carbons (Fsp3) is 0.727. The van der Waals surface area contributed by atoms with Crippen molar-refractivity contribution in [1.82, 2.24) is 5.43 Å². The van der Waals surface area contributed by atoms with Crippen LogP contribution in [0.25, 0.3) is 0 Å². The number of carbonyl (C=O) groups is 2. The third-order valence-corrected chi connectivity index (χ3v) is 4.95. The van der Waals surface area contributed by atoms with Crippen LogP contribution in [0.2, 0.25) is 0 Å². The van der Waals surface area contributed by atoms with Gasteiger partial charge in [-0.3, -0.25) is 28.6 Å². The van der Waals surface area contributed by atoms with Gasteiger partial charge in [-0.25, -0.2) is 4.57 Å². The number of ether oxygens (including phenoxy) is 1. The van der Waals surface area contributed by atoms with Crippen molar-refractivity contribution >= 4 is 25.2 Å². The molecular weight excluding hydrogens is 349 g/mol. The van der Waals surface area contributed by atoms with Crippen molar-refractivity contribution in [3.63, 3.8) is 0 Å². The quantitative estimate of drug-likeness (QED) is 0.273. The fourth-order valence-electron chi connectivity index (χ4n) is 2.25. The van der Waals surface area contributed by atoms with Crippen LogP contribution in [0.1, 0.15) is 0 Å². The SMILES string of the molecule is COP(=O)(OC)OC[C@H]1O[C@@H](C2=NNC(C(N)=O)C2=O)[C@H](O)[C@@H]1O. The van der Waals surface area contributed by atoms with Crippen molar-refractivity contribution in [2.45, 2.75) is 30.5 Å². The second-order valence-electron chi connectivity index (χ2n) is 5.01. The van der Waals surface area contributed by atoms with Crippen molar-refractivity contribution in [2.75, 3.05) is 20.8 Å². The van der Waals surface area contributed by atoms with E-state index >= 15 is 0 Å². The van der Waals surface area contributed by atoms with E-state index < -0.39 is 56.6 Å². The predicted octanol–water partition coefficient (Wildman–Crippen LogP) is -2.72. The number of aliphatic hydroxyl groups excluding tert-OH is 2. The highest BCUT2D eigenvalue weighted by molar-refractivity contribution is 7.48. The Morgan fingerprint density at radius 2 is 2.00 bits per heavy atom. The van der Waals surface area contributed by atoms with Gasteiger partial charge in [0.1, 0.15) is 30.1 Å². The topological polar surface area (TPSA) is 179 Å². The largest absolute Gasteiger partial charge is 0.474 e. The van der Waals surface area contributed by atoms with Crippen molar-refractivity contribution in [3.05, 3.63) is 0 Å². The van der Waals surface area contributed by atoms with Gasteiger partial charge in [0.05, 0.1) is 6.61 Å². The molecule has 0 aliphatic carbocycles. The van der Waals surface area contributed by atoms with Crippen LogP contribution in [0, 0.1) is 0 Å². The van der Waals surface area contributed by atoms with E-state index in [1.54, 1.807) is 0 Å². The Hall–Kier alpha value is -1.40. The van der Waals surface area contributed by atoms with Gasteiger partial charge >= 0.3 is 7.82 Å². The van der Waals surface area contributed by atoms with Gasteiger partial charge in [-0.2, -0.15) is 5.10 Å². The van der Waals surface area contributed by atoms with Crippen molar-refractivity contribution in [2.24, 2.45) is 10.8 Å². The van der Waals surface area contributed by atoms with Gasteiger partial charge < -0.3 is 20.7 Å².